The number of benzene rings is 2. The first-order chi connectivity index (χ1) is 9.93. The largest absolute Gasteiger partial charge is 0.252 e. The van der Waals surface area contributed by atoms with E-state index in [0.717, 1.165) is 24.2 Å². The summed E-state index contributed by atoms with van der Waals surface area (Å²) in [6.07, 6.45) is 10.5. The van der Waals surface area contributed by atoms with Crippen molar-refractivity contribution in [2.75, 3.05) is 0 Å². The van der Waals surface area contributed by atoms with Crippen LogP contribution in [0.5, 0.6) is 0 Å². The summed E-state index contributed by atoms with van der Waals surface area (Å²) in [5, 5.41) is 5.30. The quantitative estimate of drug-likeness (QED) is 0.483. The average molecular weight is 256 g/mol. The van der Waals surface area contributed by atoms with Crippen LogP contribution in [0.15, 0.2) is 36.7 Å². The molecule has 94 valence electrons. The molecule has 2 heteroatoms. The molecule has 5 rings (SSSR count). The lowest BCUT2D eigenvalue weighted by Crippen LogP contribution is -2.28. The maximum atomic E-state index is 4.61. The van der Waals surface area contributed by atoms with Gasteiger partial charge in [-0.2, -0.15) is 0 Å². The van der Waals surface area contributed by atoms with E-state index in [1.807, 2.05) is 0 Å². The zero-order valence-corrected chi connectivity index (χ0v) is 10.9. The SMILES string of the molecule is C1=c2cc3cccc4c3c(c2=CCC1)-c1nccnc1-4. The molecule has 0 unspecified atom stereocenters. The van der Waals surface area contributed by atoms with Crippen LogP contribution in [0.4, 0.5) is 0 Å². The molecule has 2 aromatic carbocycles. The van der Waals surface area contributed by atoms with E-state index in [9.17, 15) is 0 Å². The number of hydrogen-bond acceptors (Lipinski definition) is 2. The number of rotatable bonds is 0. The van der Waals surface area contributed by atoms with Gasteiger partial charge in [0.1, 0.15) is 0 Å². The molecule has 1 aromatic heterocycles. The molecule has 2 aliphatic carbocycles. The predicted molar refractivity (Wildman–Crippen MR) is 81.4 cm³/mol. The van der Waals surface area contributed by atoms with Gasteiger partial charge < -0.3 is 0 Å². The van der Waals surface area contributed by atoms with E-state index in [1.54, 1.807) is 12.4 Å². The first-order valence-corrected chi connectivity index (χ1v) is 7.01. The summed E-state index contributed by atoms with van der Waals surface area (Å²) in [6.45, 7) is 0. The van der Waals surface area contributed by atoms with E-state index in [-0.39, 0.29) is 0 Å². The van der Waals surface area contributed by atoms with E-state index >= 15 is 0 Å². The maximum absolute atomic E-state index is 4.61. The molecular formula is C18H12N2. The second-order valence-electron chi connectivity index (χ2n) is 5.40. The molecule has 0 saturated carbocycles. The number of nitrogens with zero attached hydrogens (tertiary/aromatic N) is 2. The Kier molecular flexibility index (Phi) is 1.83. The molecule has 0 N–H and O–H groups in total. The predicted octanol–water partition coefficient (Wildman–Crippen LogP) is 2.63. The minimum absolute atomic E-state index is 1.03. The first kappa shape index (κ1) is 10.3. The highest BCUT2D eigenvalue weighted by atomic mass is 14.8. The van der Waals surface area contributed by atoms with Gasteiger partial charge >= 0.3 is 0 Å². The highest BCUT2D eigenvalue weighted by molar-refractivity contribution is 6.13. The smallest absolute Gasteiger partial charge is 0.0978 e. The molecule has 0 amide bonds. The van der Waals surface area contributed by atoms with Crippen LogP contribution in [0.1, 0.15) is 12.8 Å². The van der Waals surface area contributed by atoms with Crippen molar-refractivity contribution >= 4 is 22.9 Å². The van der Waals surface area contributed by atoms with Gasteiger partial charge in [0.25, 0.3) is 0 Å². The van der Waals surface area contributed by atoms with Crippen molar-refractivity contribution in [3.63, 3.8) is 0 Å². The molecule has 0 atom stereocenters. The van der Waals surface area contributed by atoms with Crippen LogP contribution in [0.25, 0.3) is 45.4 Å². The summed E-state index contributed by atoms with van der Waals surface area (Å²) in [5.41, 5.74) is 4.58. The van der Waals surface area contributed by atoms with Gasteiger partial charge in [-0.15, -0.1) is 0 Å². The van der Waals surface area contributed by atoms with Crippen molar-refractivity contribution in [1.82, 2.24) is 9.97 Å². The van der Waals surface area contributed by atoms with E-state index in [0.29, 0.717) is 0 Å². The van der Waals surface area contributed by atoms with Crippen LogP contribution in [0.2, 0.25) is 0 Å². The third-order valence-corrected chi connectivity index (χ3v) is 4.31. The summed E-state index contributed by atoms with van der Waals surface area (Å²) in [7, 11) is 0. The Labute approximate surface area is 116 Å². The normalized spacial score (nSPS) is 14.4. The van der Waals surface area contributed by atoms with Crippen molar-refractivity contribution in [3.05, 3.63) is 47.1 Å². The van der Waals surface area contributed by atoms with Crippen LogP contribution in [0.3, 0.4) is 0 Å². The third kappa shape index (κ3) is 1.14. The molecule has 20 heavy (non-hydrogen) atoms. The Morgan fingerprint density at radius 2 is 1.75 bits per heavy atom. The minimum Gasteiger partial charge on any atom is -0.252 e. The van der Waals surface area contributed by atoms with Crippen molar-refractivity contribution in [1.29, 1.82) is 0 Å². The Balaban J connectivity index is 2.15. The van der Waals surface area contributed by atoms with Crippen LogP contribution in [-0.4, -0.2) is 9.97 Å². The van der Waals surface area contributed by atoms with Crippen molar-refractivity contribution in [2.45, 2.75) is 12.8 Å². The van der Waals surface area contributed by atoms with Crippen LogP contribution < -0.4 is 10.4 Å². The van der Waals surface area contributed by atoms with E-state index in [4.69, 9.17) is 0 Å². The fourth-order valence-corrected chi connectivity index (χ4v) is 3.51. The van der Waals surface area contributed by atoms with Crippen LogP contribution in [-0.2, 0) is 0 Å². The molecule has 0 fully saturated rings. The molecule has 3 aromatic rings. The van der Waals surface area contributed by atoms with E-state index in [2.05, 4.69) is 46.4 Å². The van der Waals surface area contributed by atoms with Gasteiger partial charge in [0.05, 0.1) is 11.4 Å². The highest BCUT2D eigenvalue weighted by Gasteiger charge is 2.24. The Hall–Kier alpha value is -2.48. The van der Waals surface area contributed by atoms with Gasteiger partial charge in [-0.3, -0.25) is 9.97 Å². The Morgan fingerprint density at radius 1 is 0.900 bits per heavy atom. The summed E-state index contributed by atoms with van der Waals surface area (Å²) in [4.78, 5) is 9.17. The molecule has 0 radical (unpaired) electrons. The monoisotopic (exact) mass is 256 g/mol. The van der Waals surface area contributed by atoms with Gasteiger partial charge in [-0.1, -0.05) is 30.4 Å². The second kappa shape index (κ2) is 3.54. The topological polar surface area (TPSA) is 25.8 Å². The zero-order valence-electron chi connectivity index (χ0n) is 10.9. The number of fused-ring (bicyclic) bond motifs is 5. The standard InChI is InChI=1S/C18H12N2/c1-2-6-13-11(4-1)10-12-5-3-7-14-15(12)16(13)18-17(14)19-8-9-20-18/h3-10H,1-2H2. The molecule has 2 aliphatic rings. The second-order valence-corrected chi connectivity index (χ2v) is 5.40. The van der Waals surface area contributed by atoms with Crippen molar-refractivity contribution < 1.29 is 0 Å². The fourth-order valence-electron chi connectivity index (χ4n) is 3.51. The number of aromatic nitrogens is 2. The average Bonchev–Trinajstić information content (AvgIpc) is 2.85. The van der Waals surface area contributed by atoms with E-state index < -0.39 is 0 Å². The lowest BCUT2D eigenvalue weighted by atomic mass is 9.97. The summed E-state index contributed by atoms with van der Waals surface area (Å²) >= 11 is 0. The molecule has 0 bridgehead atoms. The summed E-state index contributed by atoms with van der Waals surface area (Å²) in [5.74, 6) is 0. The summed E-state index contributed by atoms with van der Waals surface area (Å²) < 4.78 is 0. The molecule has 2 nitrogen and oxygen atoms in total. The molecular weight excluding hydrogens is 244 g/mol. The molecule has 0 aliphatic heterocycles. The van der Waals surface area contributed by atoms with Gasteiger partial charge in [-0.25, -0.2) is 0 Å². The lowest BCUT2D eigenvalue weighted by molar-refractivity contribution is 1.12. The van der Waals surface area contributed by atoms with Gasteiger partial charge in [-0.05, 0) is 34.7 Å². The minimum atomic E-state index is 1.03. The molecule has 1 heterocycles. The van der Waals surface area contributed by atoms with Crippen LogP contribution >= 0.6 is 0 Å². The highest BCUT2D eigenvalue weighted by Crippen LogP contribution is 2.42. The van der Waals surface area contributed by atoms with E-state index in [1.165, 1.54) is 32.3 Å². The van der Waals surface area contributed by atoms with Gasteiger partial charge in [0, 0.05) is 28.9 Å². The van der Waals surface area contributed by atoms with Crippen molar-refractivity contribution in [3.8, 4) is 22.5 Å². The molecule has 0 spiro atoms. The molecule has 0 saturated heterocycles. The lowest BCUT2D eigenvalue weighted by Gasteiger charge is -2.07. The zero-order chi connectivity index (χ0) is 13.1. The van der Waals surface area contributed by atoms with Gasteiger partial charge in [0.15, 0.2) is 0 Å². The maximum Gasteiger partial charge on any atom is 0.0978 e. The third-order valence-electron chi connectivity index (χ3n) is 4.31. The number of hydrogen-bond donors (Lipinski definition) is 0. The summed E-state index contributed by atoms with van der Waals surface area (Å²) in [6, 6.07) is 8.77. The Morgan fingerprint density at radius 3 is 2.70 bits per heavy atom. The van der Waals surface area contributed by atoms with Crippen molar-refractivity contribution in [2.24, 2.45) is 0 Å². The van der Waals surface area contributed by atoms with Crippen LogP contribution in [0, 0.1) is 0 Å². The first-order valence-electron chi connectivity index (χ1n) is 7.01. The fraction of sp³-hybridized carbons (Fsp3) is 0.111. The Bertz CT molecular complexity index is 1000. The van der Waals surface area contributed by atoms with Gasteiger partial charge in [0.2, 0.25) is 0 Å².